The Morgan fingerprint density at radius 1 is 1.19 bits per heavy atom. The highest BCUT2D eigenvalue weighted by Gasteiger charge is 2.28. The molecule has 0 heterocycles. The Kier molecular flexibility index (Phi) is 5.04. The van der Waals surface area contributed by atoms with Crippen molar-refractivity contribution in [3.8, 4) is 0 Å². The molecule has 1 aromatic carbocycles. The lowest BCUT2D eigenvalue weighted by molar-refractivity contribution is -0.136. The van der Waals surface area contributed by atoms with Gasteiger partial charge in [-0.25, -0.2) is 0 Å². The fraction of sp³-hybridized carbons (Fsp3) is 0.611. The maximum absolute atomic E-state index is 12.6. The van der Waals surface area contributed by atoms with E-state index in [4.69, 9.17) is 0 Å². The molecule has 1 amide bonds. The van der Waals surface area contributed by atoms with Crippen LogP contribution in [0.2, 0.25) is 0 Å². The van der Waals surface area contributed by atoms with Gasteiger partial charge in [-0.05, 0) is 58.7 Å². The zero-order chi connectivity index (χ0) is 15.6. The maximum Gasteiger partial charge on any atom is 0.237 e. The molecule has 0 N–H and O–H groups in total. The van der Waals surface area contributed by atoms with E-state index in [9.17, 15) is 4.79 Å². The van der Waals surface area contributed by atoms with Gasteiger partial charge in [0.05, 0.1) is 6.54 Å². The number of fused-ring (bicyclic) bond motifs is 1. The first-order chi connectivity index (χ1) is 9.91. The summed E-state index contributed by atoms with van der Waals surface area (Å²) >= 11 is 0. The Balaban J connectivity index is 2.05. The van der Waals surface area contributed by atoms with Crippen molar-refractivity contribution in [2.75, 3.05) is 13.6 Å². The topological polar surface area (TPSA) is 23.6 Å². The summed E-state index contributed by atoms with van der Waals surface area (Å²) in [5.74, 6) is 0.229. The third kappa shape index (κ3) is 3.46. The SMILES string of the molecule is CC(C)N(C(=O)CN(C)[C@H]1CCc2ccccc21)C(C)C. The van der Waals surface area contributed by atoms with Crippen molar-refractivity contribution in [2.45, 2.75) is 58.7 Å². The molecule has 3 nitrogen and oxygen atoms in total. The van der Waals surface area contributed by atoms with Gasteiger partial charge in [-0.3, -0.25) is 9.69 Å². The summed E-state index contributed by atoms with van der Waals surface area (Å²) in [6.07, 6.45) is 2.24. The first-order valence-corrected chi connectivity index (χ1v) is 8.01. The second kappa shape index (κ2) is 6.61. The van der Waals surface area contributed by atoms with Gasteiger partial charge >= 0.3 is 0 Å². The maximum atomic E-state index is 12.6. The average molecular weight is 288 g/mol. The number of likely N-dealkylation sites (N-methyl/N-ethyl adjacent to an activating group) is 1. The van der Waals surface area contributed by atoms with E-state index in [1.54, 1.807) is 0 Å². The lowest BCUT2D eigenvalue weighted by Crippen LogP contribution is -2.46. The molecule has 1 aromatic rings. The first-order valence-electron chi connectivity index (χ1n) is 8.01. The molecule has 0 saturated carbocycles. The van der Waals surface area contributed by atoms with Crippen LogP contribution in [0.4, 0.5) is 0 Å². The van der Waals surface area contributed by atoms with E-state index in [0.717, 1.165) is 12.8 Å². The molecule has 2 rings (SSSR count). The second-order valence-electron chi connectivity index (χ2n) is 6.66. The molecular formula is C18H28N2O. The third-order valence-electron chi connectivity index (χ3n) is 4.42. The number of rotatable bonds is 5. The van der Waals surface area contributed by atoms with Gasteiger partial charge in [0.1, 0.15) is 0 Å². The highest BCUT2D eigenvalue weighted by Crippen LogP contribution is 2.34. The lowest BCUT2D eigenvalue weighted by atomic mass is 10.1. The van der Waals surface area contributed by atoms with E-state index in [1.165, 1.54) is 11.1 Å². The highest BCUT2D eigenvalue weighted by molar-refractivity contribution is 5.79. The molecule has 1 aliphatic rings. The molecule has 116 valence electrons. The van der Waals surface area contributed by atoms with Crippen molar-refractivity contribution >= 4 is 5.91 Å². The van der Waals surface area contributed by atoms with E-state index < -0.39 is 0 Å². The molecule has 3 heteroatoms. The summed E-state index contributed by atoms with van der Waals surface area (Å²) in [6, 6.07) is 9.50. The van der Waals surface area contributed by atoms with E-state index in [-0.39, 0.29) is 18.0 Å². The molecule has 0 spiro atoms. The summed E-state index contributed by atoms with van der Waals surface area (Å²) in [5.41, 5.74) is 2.83. The molecule has 1 atom stereocenters. The van der Waals surface area contributed by atoms with Crippen LogP contribution in [-0.2, 0) is 11.2 Å². The molecular weight excluding hydrogens is 260 g/mol. The van der Waals surface area contributed by atoms with Crippen LogP contribution in [0.3, 0.4) is 0 Å². The highest BCUT2D eigenvalue weighted by atomic mass is 16.2. The normalized spacial score (nSPS) is 17.6. The van der Waals surface area contributed by atoms with Gasteiger partial charge in [0.25, 0.3) is 0 Å². The monoisotopic (exact) mass is 288 g/mol. The van der Waals surface area contributed by atoms with Gasteiger partial charge < -0.3 is 4.90 Å². The average Bonchev–Trinajstić information content (AvgIpc) is 2.81. The Morgan fingerprint density at radius 2 is 1.81 bits per heavy atom. The largest absolute Gasteiger partial charge is 0.337 e. The van der Waals surface area contributed by atoms with Gasteiger partial charge in [0, 0.05) is 18.1 Å². The molecule has 0 aliphatic heterocycles. The minimum atomic E-state index is 0.229. The zero-order valence-corrected chi connectivity index (χ0v) is 14.0. The predicted molar refractivity (Wildman–Crippen MR) is 87.3 cm³/mol. The minimum Gasteiger partial charge on any atom is -0.337 e. The van der Waals surface area contributed by atoms with Gasteiger partial charge in [0.15, 0.2) is 0 Å². The Labute approximate surface area is 128 Å². The summed E-state index contributed by atoms with van der Waals surface area (Å²) in [5, 5.41) is 0. The standard InChI is InChI=1S/C18H28N2O/c1-13(2)20(14(3)4)18(21)12-19(5)17-11-10-15-8-6-7-9-16(15)17/h6-9,13-14,17H,10-12H2,1-5H3/t17-/m0/s1. The Hall–Kier alpha value is -1.35. The second-order valence-corrected chi connectivity index (χ2v) is 6.66. The number of nitrogens with zero attached hydrogens (tertiary/aromatic N) is 2. The molecule has 0 saturated heterocycles. The van der Waals surface area contributed by atoms with Crippen molar-refractivity contribution < 1.29 is 4.79 Å². The summed E-state index contributed by atoms with van der Waals surface area (Å²) in [7, 11) is 2.07. The molecule has 1 aliphatic carbocycles. The van der Waals surface area contributed by atoms with E-state index in [2.05, 4.69) is 63.9 Å². The van der Waals surface area contributed by atoms with Crippen molar-refractivity contribution in [3.05, 3.63) is 35.4 Å². The minimum absolute atomic E-state index is 0.229. The van der Waals surface area contributed by atoms with Crippen LogP contribution < -0.4 is 0 Å². The summed E-state index contributed by atoms with van der Waals surface area (Å²) in [4.78, 5) is 16.8. The van der Waals surface area contributed by atoms with Crippen LogP contribution in [0, 0.1) is 0 Å². The van der Waals surface area contributed by atoms with Crippen LogP contribution >= 0.6 is 0 Å². The lowest BCUT2D eigenvalue weighted by Gasteiger charge is -2.34. The van der Waals surface area contributed by atoms with Crippen molar-refractivity contribution in [1.29, 1.82) is 0 Å². The number of carbonyl (C=O) groups is 1. The summed E-state index contributed by atoms with van der Waals surface area (Å²) in [6.45, 7) is 8.84. The molecule has 0 fully saturated rings. The van der Waals surface area contributed by atoms with Crippen LogP contribution in [0.5, 0.6) is 0 Å². The van der Waals surface area contributed by atoms with Gasteiger partial charge in [-0.15, -0.1) is 0 Å². The first kappa shape index (κ1) is 16.0. The fourth-order valence-corrected chi connectivity index (χ4v) is 3.57. The number of aryl methyl sites for hydroxylation is 1. The number of hydrogen-bond acceptors (Lipinski definition) is 2. The van der Waals surface area contributed by atoms with E-state index >= 15 is 0 Å². The van der Waals surface area contributed by atoms with Crippen molar-refractivity contribution in [3.63, 3.8) is 0 Å². The predicted octanol–water partition coefficient (Wildman–Crippen LogP) is 3.25. The number of amides is 1. The van der Waals surface area contributed by atoms with Crippen molar-refractivity contribution in [2.24, 2.45) is 0 Å². The van der Waals surface area contributed by atoms with Gasteiger partial charge in [-0.2, -0.15) is 0 Å². The van der Waals surface area contributed by atoms with Crippen molar-refractivity contribution in [1.82, 2.24) is 9.80 Å². The Morgan fingerprint density at radius 3 is 2.43 bits per heavy atom. The molecule has 0 unspecified atom stereocenters. The fourth-order valence-electron chi connectivity index (χ4n) is 3.57. The molecule has 0 aromatic heterocycles. The van der Waals surface area contributed by atoms with Crippen LogP contribution in [0.15, 0.2) is 24.3 Å². The van der Waals surface area contributed by atoms with Gasteiger partial charge in [0.2, 0.25) is 5.91 Å². The number of hydrogen-bond donors (Lipinski definition) is 0. The molecule has 21 heavy (non-hydrogen) atoms. The number of carbonyl (C=O) groups excluding carboxylic acids is 1. The van der Waals surface area contributed by atoms with E-state index in [0.29, 0.717) is 12.6 Å². The number of benzene rings is 1. The van der Waals surface area contributed by atoms with Gasteiger partial charge in [-0.1, -0.05) is 24.3 Å². The van der Waals surface area contributed by atoms with Crippen LogP contribution in [-0.4, -0.2) is 41.4 Å². The quantitative estimate of drug-likeness (QED) is 0.830. The zero-order valence-electron chi connectivity index (χ0n) is 14.0. The van der Waals surface area contributed by atoms with Crippen LogP contribution in [0.1, 0.15) is 51.3 Å². The summed E-state index contributed by atoms with van der Waals surface area (Å²) < 4.78 is 0. The smallest absolute Gasteiger partial charge is 0.237 e. The van der Waals surface area contributed by atoms with Crippen LogP contribution in [0.25, 0.3) is 0 Å². The van der Waals surface area contributed by atoms with E-state index in [1.807, 2.05) is 4.90 Å². The molecule has 0 bridgehead atoms. The molecule has 0 radical (unpaired) electrons. The Bertz CT molecular complexity index is 488. The third-order valence-corrected chi connectivity index (χ3v) is 4.42.